The predicted octanol–water partition coefficient (Wildman–Crippen LogP) is 6.03. The van der Waals surface area contributed by atoms with Gasteiger partial charge in [-0.2, -0.15) is 13.2 Å². The summed E-state index contributed by atoms with van der Waals surface area (Å²) in [5.74, 6) is 0. The highest BCUT2D eigenvalue weighted by Gasteiger charge is 2.34. The number of aromatic nitrogens is 1. The van der Waals surface area contributed by atoms with Gasteiger partial charge in [0.15, 0.2) is 0 Å². The summed E-state index contributed by atoms with van der Waals surface area (Å²) >= 11 is 0. The summed E-state index contributed by atoms with van der Waals surface area (Å²) in [5.41, 5.74) is 0.707. The lowest BCUT2D eigenvalue weighted by Crippen LogP contribution is -2.15. The normalized spacial score (nSPS) is 12.1. The van der Waals surface area contributed by atoms with E-state index < -0.39 is 21.9 Å². The van der Waals surface area contributed by atoms with Crippen LogP contribution in [0.4, 0.5) is 18.9 Å². The third kappa shape index (κ3) is 4.25. The minimum Gasteiger partial charge on any atom is -0.279 e. The third-order valence-electron chi connectivity index (χ3n) is 4.79. The summed E-state index contributed by atoms with van der Waals surface area (Å²) in [6, 6.07) is 20.5. The van der Waals surface area contributed by atoms with Crippen LogP contribution in [0.5, 0.6) is 0 Å². The van der Waals surface area contributed by atoms with E-state index in [0.29, 0.717) is 11.1 Å². The van der Waals surface area contributed by atoms with Crippen LogP contribution in [-0.2, 0) is 16.2 Å². The van der Waals surface area contributed by atoms with Gasteiger partial charge in [-0.3, -0.25) is 4.72 Å². The second kappa shape index (κ2) is 7.70. The van der Waals surface area contributed by atoms with Crippen LogP contribution in [0.3, 0.4) is 0 Å². The van der Waals surface area contributed by atoms with Crippen LogP contribution in [-0.4, -0.2) is 13.4 Å². The molecule has 0 radical (unpaired) electrons. The van der Waals surface area contributed by atoms with Crippen molar-refractivity contribution in [2.45, 2.75) is 18.0 Å². The molecule has 0 bridgehead atoms. The maximum atomic E-state index is 13.6. The second-order valence-electron chi connectivity index (χ2n) is 7.04. The van der Waals surface area contributed by atoms with E-state index in [1.165, 1.54) is 12.1 Å². The Morgan fingerprint density at radius 2 is 1.55 bits per heavy atom. The van der Waals surface area contributed by atoms with Crippen LogP contribution in [0.2, 0.25) is 0 Å². The fourth-order valence-electron chi connectivity index (χ4n) is 3.25. The number of benzene rings is 3. The number of hydrogen-bond donors (Lipinski definition) is 1. The summed E-state index contributed by atoms with van der Waals surface area (Å²) in [6.07, 6.45) is -4.75. The Balaban J connectivity index is 1.93. The van der Waals surface area contributed by atoms with Crippen LogP contribution in [0.15, 0.2) is 83.8 Å². The maximum absolute atomic E-state index is 13.6. The SMILES string of the molecule is Cc1ccc(S(=O)(=O)Nc2cc(C(F)(F)F)nc3c(-c4ccccc4)cccc23)cc1. The number of aryl methyl sites for hydroxylation is 1. The number of para-hydroxylation sites is 1. The van der Waals surface area contributed by atoms with E-state index in [-0.39, 0.29) is 21.5 Å². The summed E-state index contributed by atoms with van der Waals surface area (Å²) in [5, 5.41) is 0.269. The van der Waals surface area contributed by atoms with E-state index in [0.717, 1.165) is 11.6 Å². The van der Waals surface area contributed by atoms with Crippen molar-refractivity contribution in [3.63, 3.8) is 0 Å². The van der Waals surface area contributed by atoms with E-state index in [9.17, 15) is 21.6 Å². The van der Waals surface area contributed by atoms with E-state index in [1.54, 1.807) is 67.6 Å². The number of pyridine rings is 1. The zero-order chi connectivity index (χ0) is 22.2. The number of hydrogen-bond acceptors (Lipinski definition) is 3. The van der Waals surface area contributed by atoms with Gasteiger partial charge in [0.05, 0.1) is 16.1 Å². The molecule has 0 amide bonds. The fraction of sp³-hybridized carbons (Fsp3) is 0.0870. The first kappa shape index (κ1) is 20.9. The minimum atomic E-state index is -4.75. The highest BCUT2D eigenvalue weighted by molar-refractivity contribution is 7.92. The highest BCUT2D eigenvalue weighted by Crippen LogP contribution is 2.37. The van der Waals surface area contributed by atoms with Crippen molar-refractivity contribution in [2.75, 3.05) is 4.72 Å². The van der Waals surface area contributed by atoms with Gasteiger partial charge >= 0.3 is 6.18 Å². The van der Waals surface area contributed by atoms with Gasteiger partial charge in [-0.25, -0.2) is 13.4 Å². The molecular weight excluding hydrogens is 425 g/mol. The van der Waals surface area contributed by atoms with E-state index in [1.807, 2.05) is 0 Å². The van der Waals surface area contributed by atoms with Crippen molar-refractivity contribution < 1.29 is 21.6 Å². The lowest BCUT2D eigenvalue weighted by Gasteiger charge is -2.16. The van der Waals surface area contributed by atoms with Gasteiger partial charge < -0.3 is 0 Å². The van der Waals surface area contributed by atoms with Gasteiger partial charge in [0.2, 0.25) is 0 Å². The highest BCUT2D eigenvalue weighted by atomic mass is 32.2. The summed E-state index contributed by atoms with van der Waals surface area (Å²) < 4.78 is 68.8. The molecule has 0 atom stereocenters. The Hall–Kier alpha value is -3.39. The van der Waals surface area contributed by atoms with Gasteiger partial charge in [0.1, 0.15) is 5.69 Å². The molecule has 1 N–H and O–H groups in total. The van der Waals surface area contributed by atoms with Crippen molar-refractivity contribution >= 4 is 26.6 Å². The lowest BCUT2D eigenvalue weighted by atomic mass is 10.0. The zero-order valence-electron chi connectivity index (χ0n) is 16.3. The topological polar surface area (TPSA) is 59.1 Å². The van der Waals surface area contributed by atoms with Gasteiger partial charge in [-0.15, -0.1) is 0 Å². The number of anilines is 1. The van der Waals surface area contributed by atoms with E-state index in [2.05, 4.69) is 9.71 Å². The smallest absolute Gasteiger partial charge is 0.279 e. The van der Waals surface area contributed by atoms with Crippen LogP contribution >= 0.6 is 0 Å². The van der Waals surface area contributed by atoms with Crippen molar-refractivity contribution in [3.8, 4) is 11.1 Å². The molecule has 0 saturated carbocycles. The second-order valence-corrected chi connectivity index (χ2v) is 8.72. The lowest BCUT2D eigenvalue weighted by molar-refractivity contribution is -0.140. The summed E-state index contributed by atoms with van der Waals surface area (Å²) in [6.45, 7) is 1.81. The molecule has 0 aliphatic carbocycles. The molecule has 31 heavy (non-hydrogen) atoms. The summed E-state index contributed by atoms with van der Waals surface area (Å²) in [4.78, 5) is 3.79. The first-order valence-corrected chi connectivity index (χ1v) is 10.8. The Morgan fingerprint density at radius 1 is 0.871 bits per heavy atom. The van der Waals surface area contributed by atoms with E-state index in [4.69, 9.17) is 0 Å². The Bertz CT molecular complexity index is 1350. The average Bonchev–Trinajstić information content (AvgIpc) is 2.73. The Morgan fingerprint density at radius 3 is 2.19 bits per heavy atom. The third-order valence-corrected chi connectivity index (χ3v) is 6.17. The number of sulfonamides is 1. The quantitative estimate of drug-likeness (QED) is 0.420. The van der Waals surface area contributed by atoms with Crippen molar-refractivity contribution in [1.82, 2.24) is 4.98 Å². The van der Waals surface area contributed by atoms with Gasteiger partial charge in [-0.05, 0) is 30.7 Å². The van der Waals surface area contributed by atoms with Crippen molar-refractivity contribution in [2.24, 2.45) is 0 Å². The molecule has 8 heteroatoms. The summed E-state index contributed by atoms with van der Waals surface area (Å²) in [7, 11) is -4.11. The number of nitrogens with zero attached hydrogens (tertiary/aromatic N) is 1. The number of nitrogens with one attached hydrogen (secondary N) is 1. The molecule has 0 aliphatic heterocycles. The molecule has 4 rings (SSSR count). The first-order valence-electron chi connectivity index (χ1n) is 9.31. The van der Waals surface area contributed by atoms with Gasteiger partial charge in [0, 0.05) is 10.9 Å². The Kier molecular flexibility index (Phi) is 5.18. The van der Waals surface area contributed by atoms with Crippen LogP contribution in [0.1, 0.15) is 11.3 Å². The molecule has 1 heterocycles. The molecule has 0 aliphatic rings. The predicted molar refractivity (Wildman–Crippen MR) is 114 cm³/mol. The molecule has 158 valence electrons. The van der Waals surface area contributed by atoms with Crippen LogP contribution in [0, 0.1) is 6.92 Å². The number of alkyl halides is 3. The molecule has 0 spiro atoms. The first-order chi connectivity index (χ1) is 14.6. The molecule has 4 nitrogen and oxygen atoms in total. The molecule has 1 aromatic heterocycles. The molecule has 3 aromatic carbocycles. The monoisotopic (exact) mass is 442 g/mol. The number of rotatable bonds is 4. The van der Waals surface area contributed by atoms with Gasteiger partial charge in [0.25, 0.3) is 10.0 Å². The number of fused-ring (bicyclic) bond motifs is 1. The molecule has 0 fully saturated rings. The molecule has 4 aromatic rings. The van der Waals surface area contributed by atoms with Crippen LogP contribution < -0.4 is 4.72 Å². The van der Waals surface area contributed by atoms with Gasteiger partial charge in [-0.1, -0.05) is 66.2 Å². The van der Waals surface area contributed by atoms with Crippen molar-refractivity contribution in [1.29, 1.82) is 0 Å². The number of halogens is 3. The van der Waals surface area contributed by atoms with E-state index >= 15 is 0 Å². The maximum Gasteiger partial charge on any atom is 0.433 e. The molecule has 0 unspecified atom stereocenters. The Labute approximate surface area is 177 Å². The fourth-order valence-corrected chi connectivity index (χ4v) is 4.32. The zero-order valence-corrected chi connectivity index (χ0v) is 17.1. The standard InChI is InChI=1S/C23H17F3N2O2S/c1-15-10-12-17(13-11-15)31(29,30)28-20-14-21(23(24,25)26)27-22-18(8-5-9-19(20)22)16-6-3-2-4-7-16/h2-14H,1H3,(H,27,28). The molecular formula is C23H17F3N2O2S. The minimum absolute atomic E-state index is 0.0455. The largest absolute Gasteiger partial charge is 0.433 e. The average molecular weight is 442 g/mol. The molecule has 0 saturated heterocycles. The van der Waals surface area contributed by atoms with Crippen LogP contribution in [0.25, 0.3) is 22.0 Å². The van der Waals surface area contributed by atoms with Crippen molar-refractivity contribution in [3.05, 3.63) is 90.1 Å².